The average Bonchev–Trinajstić information content (AvgIpc) is 3.09. The fourth-order valence-corrected chi connectivity index (χ4v) is 7.43. The quantitative estimate of drug-likeness (QED) is 0.108. The highest BCUT2D eigenvalue weighted by molar-refractivity contribution is 5.31. The molecule has 0 aromatic heterocycles. The summed E-state index contributed by atoms with van der Waals surface area (Å²) in [6.07, 6.45) is 7.29. The summed E-state index contributed by atoms with van der Waals surface area (Å²) >= 11 is 0. The third-order valence-electron chi connectivity index (χ3n) is 11.1. The van der Waals surface area contributed by atoms with E-state index in [9.17, 15) is 83.4 Å². The number of alkyl halides is 19. The summed E-state index contributed by atoms with van der Waals surface area (Å²) < 4.78 is 261. The number of unbranched alkanes of at least 4 members (excludes halogenated alkanes) is 3. The van der Waals surface area contributed by atoms with Crippen molar-refractivity contribution in [1.82, 2.24) is 0 Å². The van der Waals surface area contributed by atoms with E-state index in [0.717, 1.165) is 43.7 Å². The number of halogens is 19. The van der Waals surface area contributed by atoms with Crippen LogP contribution in [0, 0.1) is 17.8 Å². The average molecular weight is 823 g/mol. The molecule has 2 aliphatic rings. The molecule has 2 saturated carbocycles. The zero-order valence-corrected chi connectivity index (χ0v) is 28.9. The molecule has 2 fully saturated rings. The van der Waals surface area contributed by atoms with Crippen molar-refractivity contribution < 1.29 is 83.4 Å². The van der Waals surface area contributed by atoms with Gasteiger partial charge in [0, 0.05) is 5.56 Å². The first kappa shape index (κ1) is 46.3. The van der Waals surface area contributed by atoms with Gasteiger partial charge >= 0.3 is 53.6 Å². The molecule has 0 unspecified atom stereocenters. The van der Waals surface area contributed by atoms with Crippen LogP contribution in [-0.4, -0.2) is 47.6 Å². The van der Waals surface area contributed by atoms with Gasteiger partial charge in [-0.1, -0.05) is 102 Å². The highest BCUT2D eigenvalue weighted by Gasteiger charge is 2.96. The van der Waals surface area contributed by atoms with Crippen LogP contribution in [0.5, 0.6) is 0 Å². The lowest BCUT2D eigenvalue weighted by atomic mass is 9.74. The Kier molecular flexibility index (Phi) is 13.7. The summed E-state index contributed by atoms with van der Waals surface area (Å²) in [6.45, 7) is 2.16. The molecule has 0 bridgehead atoms. The molecule has 0 aliphatic heterocycles. The molecule has 19 heteroatoms. The van der Waals surface area contributed by atoms with E-state index in [1.807, 2.05) is 0 Å². The monoisotopic (exact) mass is 822 g/mol. The van der Waals surface area contributed by atoms with Gasteiger partial charge in [0.1, 0.15) is 0 Å². The van der Waals surface area contributed by atoms with E-state index in [4.69, 9.17) is 0 Å². The van der Waals surface area contributed by atoms with Crippen LogP contribution in [0.4, 0.5) is 83.4 Å². The normalized spacial score (nSPS) is 23.5. The van der Waals surface area contributed by atoms with Crippen LogP contribution in [0.1, 0.15) is 120 Å². The van der Waals surface area contributed by atoms with Gasteiger partial charge < -0.3 is 0 Å². The van der Waals surface area contributed by atoms with E-state index in [0.29, 0.717) is 37.5 Å². The molecule has 314 valence electrons. The lowest BCUT2D eigenvalue weighted by molar-refractivity contribution is -0.469. The van der Waals surface area contributed by atoms with Crippen molar-refractivity contribution in [3.05, 3.63) is 35.4 Å². The third kappa shape index (κ3) is 8.16. The number of benzene rings is 1. The topological polar surface area (TPSA) is 0 Å². The smallest absolute Gasteiger partial charge is 0.194 e. The minimum absolute atomic E-state index is 0.0362. The van der Waals surface area contributed by atoms with Crippen LogP contribution in [0.3, 0.4) is 0 Å². The molecule has 0 amide bonds. The second kappa shape index (κ2) is 16.0. The molecular formula is C35H41F19. The van der Waals surface area contributed by atoms with Gasteiger partial charge in [-0.2, -0.15) is 83.4 Å². The number of hydrogen-bond acceptors (Lipinski definition) is 0. The molecule has 3 rings (SSSR count). The summed E-state index contributed by atoms with van der Waals surface area (Å²) in [6, 6.07) is 1.52. The van der Waals surface area contributed by atoms with Gasteiger partial charge in [0.05, 0.1) is 0 Å². The summed E-state index contributed by atoms with van der Waals surface area (Å²) in [5.74, 6) is -65.3. The molecule has 1 aromatic rings. The Morgan fingerprint density at radius 2 is 0.759 bits per heavy atom. The Balaban J connectivity index is 1.67. The second-order valence-corrected chi connectivity index (χ2v) is 14.7. The third-order valence-corrected chi connectivity index (χ3v) is 11.1. The molecular weight excluding hydrogens is 781 g/mol. The van der Waals surface area contributed by atoms with Gasteiger partial charge in [-0.15, -0.1) is 0 Å². The van der Waals surface area contributed by atoms with Crippen molar-refractivity contribution in [2.45, 2.75) is 163 Å². The first-order valence-corrected chi connectivity index (χ1v) is 17.6. The van der Waals surface area contributed by atoms with Gasteiger partial charge in [-0.3, -0.25) is 0 Å². The molecule has 2 aliphatic carbocycles. The molecule has 54 heavy (non-hydrogen) atoms. The van der Waals surface area contributed by atoms with Crippen molar-refractivity contribution in [3.63, 3.8) is 0 Å². The van der Waals surface area contributed by atoms with E-state index >= 15 is 0 Å². The Labute approximate surface area is 299 Å². The Morgan fingerprint density at radius 3 is 1.15 bits per heavy atom. The Morgan fingerprint density at radius 1 is 0.407 bits per heavy atom. The number of hydrogen-bond donors (Lipinski definition) is 0. The van der Waals surface area contributed by atoms with Gasteiger partial charge in [0.15, 0.2) is 0 Å². The summed E-state index contributed by atoms with van der Waals surface area (Å²) in [7, 11) is 0. The van der Waals surface area contributed by atoms with E-state index in [-0.39, 0.29) is 23.6 Å². The van der Waals surface area contributed by atoms with Gasteiger partial charge in [0.25, 0.3) is 0 Å². The fourth-order valence-electron chi connectivity index (χ4n) is 7.43. The van der Waals surface area contributed by atoms with Crippen LogP contribution >= 0.6 is 0 Å². The van der Waals surface area contributed by atoms with E-state index in [2.05, 4.69) is 6.92 Å². The van der Waals surface area contributed by atoms with Crippen molar-refractivity contribution in [1.29, 1.82) is 0 Å². The summed E-state index contributed by atoms with van der Waals surface area (Å²) in [5.41, 5.74) is -2.04. The summed E-state index contributed by atoms with van der Waals surface area (Å²) in [4.78, 5) is 0. The van der Waals surface area contributed by atoms with Gasteiger partial charge in [0.2, 0.25) is 0 Å². The predicted octanol–water partition coefficient (Wildman–Crippen LogP) is 14.6. The first-order valence-electron chi connectivity index (χ1n) is 17.6. The maximum Gasteiger partial charge on any atom is 0.460 e. The maximum absolute atomic E-state index is 14.8. The van der Waals surface area contributed by atoms with Crippen molar-refractivity contribution >= 4 is 0 Å². The van der Waals surface area contributed by atoms with Crippen LogP contribution in [-0.2, 0) is 5.92 Å². The maximum atomic E-state index is 14.8. The van der Waals surface area contributed by atoms with E-state index < -0.39 is 59.1 Å². The van der Waals surface area contributed by atoms with Crippen LogP contribution in [0.25, 0.3) is 0 Å². The second-order valence-electron chi connectivity index (χ2n) is 14.7. The zero-order chi connectivity index (χ0) is 41.4. The highest BCUT2D eigenvalue weighted by atomic mass is 19.4. The SMILES string of the molecule is CCCCCCC1CCC(CCC2CCC(c3ccc(C(F)(F)C(F)(F)C(F)(F)C(F)(F)C(F)(F)C(F)(F)C(F)(F)C(F)(F)C(F)(F)F)cc3)CC2)CC1. The standard InChI is InChI=1S/C35H41F19/c1-2-3-4-5-6-21-7-9-22(10-8-21)11-12-23-13-15-24(16-14-23)25-17-19-26(20-18-25)27(36,37)28(38,39)29(40,41)30(42,43)31(44,45)32(46,47)33(48,49)34(50,51)35(52,53)54/h17-24H,2-16H2,1H3. The molecule has 0 atom stereocenters. The van der Waals surface area contributed by atoms with Gasteiger partial charge in [-0.25, -0.2) is 0 Å². The zero-order valence-electron chi connectivity index (χ0n) is 28.9. The largest absolute Gasteiger partial charge is 0.460 e. The lowest BCUT2D eigenvalue weighted by Gasteiger charge is -2.43. The predicted molar refractivity (Wildman–Crippen MR) is 159 cm³/mol. The van der Waals surface area contributed by atoms with E-state index in [1.54, 1.807) is 0 Å². The molecule has 1 aromatic carbocycles. The Bertz CT molecular complexity index is 1330. The van der Waals surface area contributed by atoms with Crippen molar-refractivity contribution in [3.8, 4) is 0 Å². The fraction of sp³-hybridized carbons (Fsp3) is 0.829. The van der Waals surface area contributed by atoms with Crippen molar-refractivity contribution in [2.75, 3.05) is 0 Å². The molecule has 0 saturated heterocycles. The van der Waals surface area contributed by atoms with Crippen molar-refractivity contribution in [2.24, 2.45) is 17.8 Å². The molecule has 0 nitrogen and oxygen atoms in total. The molecule has 0 radical (unpaired) electrons. The molecule has 0 N–H and O–H groups in total. The Hall–Kier alpha value is -2.11. The van der Waals surface area contributed by atoms with Crippen LogP contribution in [0.15, 0.2) is 24.3 Å². The number of rotatable bonds is 17. The lowest BCUT2D eigenvalue weighted by Crippen LogP contribution is -2.75. The first-order chi connectivity index (χ1) is 24.5. The van der Waals surface area contributed by atoms with Crippen LogP contribution < -0.4 is 0 Å². The minimum atomic E-state index is -8.92. The molecule has 0 heterocycles. The van der Waals surface area contributed by atoms with E-state index in [1.165, 1.54) is 44.9 Å². The molecule has 0 spiro atoms. The highest BCUT2D eigenvalue weighted by Crippen LogP contribution is 2.66. The minimum Gasteiger partial charge on any atom is -0.194 e. The van der Waals surface area contributed by atoms with Crippen LogP contribution in [0.2, 0.25) is 0 Å². The summed E-state index contributed by atoms with van der Waals surface area (Å²) in [5, 5.41) is 0. The van der Waals surface area contributed by atoms with Gasteiger partial charge in [-0.05, 0) is 54.9 Å².